The average Bonchev–Trinajstić information content (AvgIpc) is 2.37. The van der Waals surface area contributed by atoms with E-state index in [0.717, 1.165) is 35.4 Å². The van der Waals surface area contributed by atoms with Gasteiger partial charge in [-0.3, -0.25) is 0 Å². The van der Waals surface area contributed by atoms with Gasteiger partial charge in [-0.2, -0.15) is 18.3 Å². The lowest BCUT2D eigenvalue weighted by atomic mass is 10.1. The first-order chi connectivity index (χ1) is 9.62. The minimum absolute atomic E-state index is 0.279. The number of nitrogens with zero attached hydrogens (tertiary/aromatic N) is 3. The van der Waals surface area contributed by atoms with Crippen molar-refractivity contribution >= 4 is 18.3 Å². The van der Waals surface area contributed by atoms with Crippen molar-refractivity contribution in [3.05, 3.63) is 35.4 Å². The van der Waals surface area contributed by atoms with Crippen molar-refractivity contribution in [3.8, 4) is 0 Å². The summed E-state index contributed by atoms with van der Waals surface area (Å²) >= 11 is 0. The van der Waals surface area contributed by atoms with Gasteiger partial charge < -0.3 is 10.6 Å². The Balaban J connectivity index is 2.92. The number of hydrogen-bond donors (Lipinski definition) is 1. The molecule has 1 rings (SSSR count). The monoisotopic (exact) mass is 302 g/mol. The zero-order valence-corrected chi connectivity index (χ0v) is 11.3. The molecule has 6 nitrogen and oxygen atoms in total. The zero-order valence-electron chi connectivity index (χ0n) is 11.3. The quantitative estimate of drug-likeness (QED) is 0.670. The molecule has 0 aliphatic rings. The summed E-state index contributed by atoms with van der Waals surface area (Å²) in [4.78, 5) is 23.7. The second-order valence-electron chi connectivity index (χ2n) is 4.19. The predicted octanol–water partition coefficient (Wildman–Crippen LogP) is 2.10. The molecular weight excluding hydrogens is 289 g/mol. The molecule has 0 saturated heterocycles. The van der Waals surface area contributed by atoms with E-state index in [1.807, 2.05) is 0 Å². The summed E-state index contributed by atoms with van der Waals surface area (Å²) in [6.45, 7) is 0. The fraction of sp³-hybridized carbons (Fsp3) is 0.250. The molecule has 0 aromatic heterocycles. The molecule has 0 unspecified atom stereocenters. The highest BCUT2D eigenvalue weighted by atomic mass is 19.4. The topological polar surface area (TPSA) is 79.0 Å². The van der Waals surface area contributed by atoms with E-state index >= 15 is 0 Å². The van der Waals surface area contributed by atoms with Gasteiger partial charge in [-0.1, -0.05) is 12.1 Å². The number of nitrogens with two attached hydrogens (primary N) is 1. The van der Waals surface area contributed by atoms with Crippen LogP contribution in [-0.4, -0.2) is 42.3 Å². The number of hydrogen-bond acceptors (Lipinski definition) is 3. The number of halogens is 3. The Kier molecular flexibility index (Phi) is 4.90. The molecular formula is C12H13F3N4O2. The number of urea groups is 2. The summed E-state index contributed by atoms with van der Waals surface area (Å²) in [5, 5.41) is 3.97. The number of carbonyl (C=O) groups is 2. The zero-order chi connectivity index (χ0) is 16.2. The normalized spacial score (nSPS) is 11.5. The van der Waals surface area contributed by atoms with Crippen LogP contribution >= 0.6 is 0 Å². The first-order valence-electron chi connectivity index (χ1n) is 5.65. The summed E-state index contributed by atoms with van der Waals surface area (Å²) in [7, 11) is 2.79. The van der Waals surface area contributed by atoms with Crippen LogP contribution in [0.2, 0.25) is 0 Å². The highest BCUT2D eigenvalue weighted by Gasteiger charge is 2.29. The van der Waals surface area contributed by atoms with Crippen molar-refractivity contribution < 1.29 is 22.8 Å². The summed E-state index contributed by atoms with van der Waals surface area (Å²) in [6.07, 6.45) is -3.37. The second kappa shape index (κ2) is 6.25. The Hall–Kier alpha value is -2.58. The maximum absolute atomic E-state index is 12.4. The van der Waals surface area contributed by atoms with Gasteiger partial charge in [0.1, 0.15) is 0 Å². The molecule has 0 fully saturated rings. The first-order valence-corrected chi connectivity index (χ1v) is 5.65. The number of amides is 4. The third-order valence-corrected chi connectivity index (χ3v) is 2.33. The molecule has 4 amide bonds. The Morgan fingerprint density at radius 1 is 1.19 bits per heavy atom. The Labute approximate surface area is 118 Å². The summed E-state index contributed by atoms with van der Waals surface area (Å²) in [6, 6.07) is 2.17. The van der Waals surface area contributed by atoms with Gasteiger partial charge >= 0.3 is 18.2 Å². The molecule has 0 aliphatic heterocycles. The molecule has 1 aromatic rings. The average molecular weight is 302 g/mol. The van der Waals surface area contributed by atoms with E-state index in [1.165, 1.54) is 14.1 Å². The van der Waals surface area contributed by atoms with E-state index in [1.54, 1.807) is 0 Å². The molecule has 21 heavy (non-hydrogen) atoms. The predicted molar refractivity (Wildman–Crippen MR) is 69.5 cm³/mol. The number of imide groups is 1. The van der Waals surface area contributed by atoms with Gasteiger partial charge in [0.15, 0.2) is 0 Å². The lowest BCUT2D eigenvalue weighted by molar-refractivity contribution is -0.137. The van der Waals surface area contributed by atoms with E-state index in [0.29, 0.717) is 5.01 Å². The third-order valence-electron chi connectivity index (χ3n) is 2.33. The Bertz CT molecular complexity index is 553. The highest BCUT2D eigenvalue weighted by molar-refractivity contribution is 5.94. The number of benzene rings is 1. The molecule has 0 saturated carbocycles. The number of hydrazone groups is 1. The molecule has 0 bridgehead atoms. The van der Waals surface area contributed by atoms with E-state index < -0.39 is 23.8 Å². The van der Waals surface area contributed by atoms with Gasteiger partial charge in [0.25, 0.3) is 0 Å². The molecule has 0 heterocycles. The lowest BCUT2D eigenvalue weighted by Crippen LogP contribution is -2.42. The summed E-state index contributed by atoms with van der Waals surface area (Å²) in [5.41, 5.74) is 4.47. The van der Waals surface area contributed by atoms with Crippen LogP contribution in [0.1, 0.15) is 11.1 Å². The van der Waals surface area contributed by atoms with Crippen LogP contribution in [0.4, 0.5) is 22.8 Å². The van der Waals surface area contributed by atoms with Crippen LogP contribution in [-0.2, 0) is 6.18 Å². The summed E-state index contributed by atoms with van der Waals surface area (Å²) in [5.74, 6) is 0. The van der Waals surface area contributed by atoms with Crippen LogP contribution in [0.25, 0.3) is 0 Å². The van der Waals surface area contributed by atoms with Crippen LogP contribution in [0.3, 0.4) is 0 Å². The number of carbonyl (C=O) groups excluding carboxylic acids is 2. The third kappa shape index (κ3) is 4.48. The maximum atomic E-state index is 12.4. The van der Waals surface area contributed by atoms with Gasteiger partial charge in [-0.05, 0) is 17.7 Å². The van der Waals surface area contributed by atoms with E-state index in [-0.39, 0.29) is 5.56 Å². The van der Waals surface area contributed by atoms with Gasteiger partial charge in [0.05, 0.1) is 11.8 Å². The smallest absolute Gasteiger partial charge is 0.350 e. The maximum Gasteiger partial charge on any atom is 0.416 e. The molecule has 1 aromatic carbocycles. The van der Waals surface area contributed by atoms with Gasteiger partial charge in [-0.25, -0.2) is 9.59 Å². The van der Waals surface area contributed by atoms with Crippen LogP contribution < -0.4 is 5.73 Å². The van der Waals surface area contributed by atoms with E-state index in [9.17, 15) is 22.8 Å². The van der Waals surface area contributed by atoms with Crippen molar-refractivity contribution in [2.24, 2.45) is 10.8 Å². The SMILES string of the molecule is CN(C)C(=O)N(N=Cc1ccc(C(F)(F)F)cc1)C(N)=O. The molecule has 9 heteroatoms. The van der Waals surface area contributed by atoms with Gasteiger partial charge in [-0.15, -0.1) is 5.01 Å². The summed E-state index contributed by atoms with van der Waals surface area (Å²) < 4.78 is 37.1. The van der Waals surface area contributed by atoms with Crippen LogP contribution in [0, 0.1) is 0 Å². The molecule has 114 valence electrons. The van der Waals surface area contributed by atoms with Crippen molar-refractivity contribution in [2.75, 3.05) is 14.1 Å². The fourth-order valence-electron chi connectivity index (χ4n) is 1.27. The molecule has 2 N–H and O–H groups in total. The van der Waals surface area contributed by atoms with Crippen molar-refractivity contribution in [1.82, 2.24) is 9.91 Å². The molecule has 0 atom stereocenters. The standard InChI is InChI=1S/C12H13F3N4O2/c1-18(2)11(21)19(10(16)20)17-7-8-3-5-9(6-4-8)12(13,14)15/h3-7H,1-2H3,(H2,16,20). The second-order valence-corrected chi connectivity index (χ2v) is 4.19. The van der Waals surface area contributed by atoms with E-state index in [2.05, 4.69) is 5.10 Å². The molecule has 0 spiro atoms. The minimum Gasteiger partial charge on any atom is -0.350 e. The fourth-order valence-corrected chi connectivity index (χ4v) is 1.27. The lowest BCUT2D eigenvalue weighted by Gasteiger charge is -2.17. The van der Waals surface area contributed by atoms with Crippen molar-refractivity contribution in [3.63, 3.8) is 0 Å². The minimum atomic E-state index is -4.43. The van der Waals surface area contributed by atoms with Crippen LogP contribution in [0.5, 0.6) is 0 Å². The number of primary amides is 1. The largest absolute Gasteiger partial charge is 0.416 e. The first kappa shape index (κ1) is 16.5. The number of rotatable bonds is 2. The highest BCUT2D eigenvalue weighted by Crippen LogP contribution is 2.28. The van der Waals surface area contributed by atoms with Crippen LogP contribution in [0.15, 0.2) is 29.4 Å². The Morgan fingerprint density at radius 3 is 2.10 bits per heavy atom. The molecule has 0 aliphatic carbocycles. The number of alkyl halides is 3. The van der Waals surface area contributed by atoms with Gasteiger partial charge in [0.2, 0.25) is 0 Å². The van der Waals surface area contributed by atoms with Crippen molar-refractivity contribution in [1.29, 1.82) is 0 Å². The van der Waals surface area contributed by atoms with E-state index in [4.69, 9.17) is 5.73 Å². The Morgan fingerprint density at radius 2 is 1.71 bits per heavy atom. The van der Waals surface area contributed by atoms with Gasteiger partial charge in [0, 0.05) is 14.1 Å². The molecule has 0 radical (unpaired) electrons. The van der Waals surface area contributed by atoms with Crippen molar-refractivity contribution in [2.45, 2.75) is 6.18 Å².